The summed E-state index contributed by atoms with van der Waals surface area (Å²) in [6.45, 7) is 2.24. The lowest BCUT2D eigenvalue weighted by atomic mass is 10.1. The fourth-order valence-corrected chi connectivity index (χ4v) is 3.11. The number of methoxy groups -OCH3 is 1. The van der Waals surface area contributed by atoms with E-state index in [0.29, 0.717) is 23.7 Å². The van der Waals surface area contributed by atoms with E-state index in [-0.39, 0.29) is 18.4 Å². The highest BCUT2D eigenvalue weighted by atomic mass is 16.5. The molecule has 6 nitrogen and oxygen atoms in total. The molecule has 0 aliphatic rings. The van der Waals surface area contributed by atoms with Crippen LogP contribution in [0.15, 0.2) is 60.7 Å². The SMILES string of the molecule is CCOc1cc(C(=O)N(C)CC(=O)Nc2cccc3ccccc23)ccc1OC. The van der Waals surface area contributed by atoms with Crippen LogP contribution in [0.1, 0.15) is 17.3 Å². The summed E-state index contributed by atoms with van der Waals surface area (Å²) in [6, 6.07) is 18.5. The van der Waals surface area contributed by atoms with Crippen LogP contribution in [0.25, 0.3) is 10.8 Å². The van der Waals surface area contributed by atoms with Gasteiger partial charge in [0, 0.05) is 23.7 Å². The molecule has 2 amide bonds. The molecule has 0 aliphatic carbocycles. The lowest BCUT2D eigenvalue weighted by molar-refractivity contribution is -0.116. The molecule has 0 spiro atoms. The average molecular weight is 392 g/mol. The molecular formula is C23H24N2O4. The zero-order chi connectivity index (χ0) is 20.8. The highest BCUT2D eigenvalue weighted by Gasteiger charge is 2.18. The van der Waals surface area contributed by atoms with Crippen molar-refractivity contribution < 1.29 is 19.1 Å². The minimum absolute atomic E-state index is 0.0714. The Morgan fingerprint density at radius 1 is 1.00 bits per heavy atom. The second-order valence-corrected chi connectivity index (χ2v) is 6.53. The Bertz CT molecular complexity index is 1030. The molecule has 3 aromatic carbocycles. The lowest BCUT2D eigenvalue weighted by Gasteiger charge is -2.18. The fraction of sp³-hybridized carbons (Fsp3) is 0.217. The van der Waals surface area contributed by atoms with E-state index in [1.807, 2.05) is 49.4 Å². The molecule has 1 N–H and O–H groups in total. The highest BCUT2D eigenvalue weighted by molar-refractivity contribution is 6.04. The van der Waals surface area contributed by atoms with Crippen molar-refractivity contribution in [3.63, 3.8) is 0 Å². The molecule has 0 radical (unpaired) electrons. The smallest absolute Gasteiger partial charge is 0.254 e. The summed E-state index contributed by atoms with van der Waals surface area (Å²) in [4.78, 5) is 26.6. The Labute approximate surface area is 170 Å². The van der Waals surface area contributed by atoms with Crippen LogP contribution < -0.4 is 14.8 Å². The molecule has 0 heterocycles. The third-order valence-corrected chi connectivity index (χ3v) is 4.50. The Morgan fingerprint density at radius 2 is 1.76 bits per heavy atom. The van der Waals surface area contributed by atoms with Crippen molar-refractivity contribution in [1.29, 1.82) is 0 Å². The molecule has 3 rings (SSSR count). The fourth-order valence-electron chi connectivity index (χ4n) is 3.11. The van der Waals surface area contributed by atoms with E-state index in [2.05, 4.69) is 5.32 Å². The van der Waals surface area contributed by atoms with E-state index in [1.54, 1.807) is 32.4 Å². The molecule has 29 heavy (non-hydrogen) atoms. The molecule has 0 bridgehead atoms. The molecule has 0 saturated heterocycles. The van der Waals surface area contributed by atoms with Crippen LogP contribution in [0.3, 0.4) is 0 Å². The van der Waals surface area contributed by atoms with Crippen LogP contribution in [-0.4, -0.2) is 44.0 Å². The second kappa shape index (κ2) is 9.10. The van der Waals surface area contributed by atoms with Gasteiger partial charge >= 0.3 is 0 Å². The Morgan fingerprint density at radius 3 is 2.52 bits per heavy atom. The number of anilines is 1. The number of hydrogen-bond acceptors (Lipinski definition) is 4. The third kappa shape index (κ3) is 4.66. The van der Waals surface area contributed by atoms with E-state index < -0.39 is 0 Å². The van der Waals surface area contributed by atoms with Gasteiger partial charge in [-0.05, 0) is 36.6 Å². The first-order chi connectivity index (χ1) is 14.0. The third-order valence-electron chi connectivity index (χ3n) is 4.50. The molecule has 0 aromatic heterocycles. The van der Waals surface area contributed by atoms with E-state index in [1.165, 1.54) is 4.90 Å². The summed E-state index contributed by atoms with van der Waals surface area (Å²) in [5.41, 5.74) is 1.15. The maximum Gasteiger partial charge on any atom is 0.254 e. The van der Waals surface area contributed by atoms with E-state index in [9.17, 15) is 9.59 Å². The summed E-state index contributed by atoms with van der Waals surface area (Å²) in [5.74, 6) is 0.506. The maximum absolute atomic E-state index is 12.8. The Balaban J connectivity index is 1.70. The minimum atomic E-state index is -0.276. The number of benzene rings is 3. The topological polar surface area (TPSA) is 67.9 Å². The molecule has 0 unspecified atom stereocenters. The van der Waals surface area contributed by atoms with Crippen LogP contribution in [0, 0.1) is 0 Å². The number of amides is 2. The van der Waals surface area contributed by atoms with Gasteiger partial charge in [0.15, 0.2) is 11.5 Å². The van der Waals surface area contributed by atoms with Crippen molar-refractivity contribution in [2.45, 2.75) is 6.92 Å². The first kappa shape index (κ1) is 20.2. The summed E-state index contributed by atoms with van der Waals surface area (Å²) >= 11 is 0. The molecular weight excluding hydrogens is 368 g/mol. The van der Waals surface area contributed by atoms with Gasteiger partial charge in [-0.3, -0.25) is 9.59 Å². The van der Waals surface area contributed by atoms with E-state index >= 15 is 0 Å². The van der Waals surface area contributed by atoms with Crippen molar-refractivity contribution in [1.82, 2.24) is 4.90 Å². The number of likely N-dealkylation sites (N-methyl/N-ethyl adjacent to an activating group) is 1. The number of carbonyl (C=O) groups excluding carboxylic acids is 2. The zero-order valence-corrected chi connectivity index (χ0v) is 16.8. The average Bonchev–Trinajstić information content (AvgIpc) is 2.73. The largest absolute Gasteiger partial charge is 0.493 e. The maximum atomic E-state index is 12.8. The number of rotatable bonds is 7. The van der Waals surface area contributed by atoms with Crippen LogP contribution in [-0.2, 0) is 4.79 Å². The molecule has 0 atom stereocenters. The van der Waals surface area contributed by atoms with E-state index in [0.717, 1.165) is 16.5 Å². The lowest BCUT2D eigenvalue weighted by Crippen LogP contribution is -2.35. The predicted molar refractivity (Wildman–Crippen MR) is 114 cm³/mol. The van der Waals surface area contributed by atoms with Gasteiger partial charge in [-0.15, -0.1) is 0 Å². The second-order valence-electron chi connectivity index (χ2n) is 6.53. The summed E-state index contributed by atoms with van der Waals surface area (Å²) < 4.78 is 10.8. The number of ether oxygens (including phenoxy) is 2. The number of carbonyl (C=O) groups is 2. The Hall–Kier alpha value is -3.54. The van der Waals surface area contributed by atoms with Gasteiger partial charge in [-0.2, -0.15) is 0 Å². The Kier molecular flexibility index (Phi) is 6.34. The number of fused-ring (bicyclic) bond motifs is 1. The van der Waals surface area contributed by atoms with Gasteiger partial charge in [0.25, 0.3) is 5.91 Å². The standard InChI is InChI=1S/C23H24N2O4/c1-4-29-21-14-17(12-13-20(21)28-3)23(27)25(2)15-22(26)24-19-11-7-9-16-8-5-6-10-18(16)19/h5-14H,4,15H2,1-3H3,(H,24,26). The number of nitrogens with zero attached hydrogens (tertiary/aromatic N) is 1. The molecule has 0 aliphatic heterocycles. The molecule has 150 valence electrons. The molecule has 6 heteroatoms. The van der Waals surface area contributed by atoms with Gasteiger partial charge in [0.1, 0.15) is 0 Å². The first-order valence-corrected chi connectivity index (χ1v) is 9.37. The number of nitrogens with one attached hydrogen (secondary N) is 1. The van der Waals surface area contributed by atoms with Crippen molar-refractivity contribution in [3.8, 4) is 11.5 Å². The first-order valence-electron chi connectivity index (χ1n) is 9.37. The highest BCUT2D eigenvalue weighted by Crippen LogP contribution is 2.28. The number of hydrogen-bond donors (Lipinski definition) is 1. The minimum Gasteiger partial charge on any atom is -0.493 e. The van der Waals surface area contributed by atoms with Crippen LogP contribution >= 0.6 is 0 Å². The molecule has 0 fully saturated rings. The van der Waals surface area contributed by atoms with E-state index in [4.69, 9.17) is 9.47 Å². The zero-order valence-electron chi connectivity index (χ0n) is 16.8. The van der Waals surface area contributed by atoms with Gasteiger partial charge < -0.3 is 19.7 Å². The summed E-state index contributed by atoms with van der Waals surface area (Å²) in [5, 5.41) is 4.89. The summed E-state index contributed by atoms with van der Waals surface area (Å²) in [7, 11) is 3.14. The van der Waals surface area contributed by atoms with Crippen molar-refractivity contribution in [3.05, 3.63) is 66.2 Å². The quantitative estimate of drug-likeness (QED) is 0.661. The van der Waals surface area contributed by atoms with Crippen LogP contribution in [0.5, 0.6) is 11.5 Å². The molecule has 3 aromatic rings. The van der Waals surface area contributed by atoms with Gasteiger partial charge in [0.2, 0.25) is 5.91 Å². The van der Waals surface area contributed by atoms with Crippen molar-refractivity contribution in [2.75, 3.05) is 32.6 Å². The van der Waals surface area contributed by atoms with Crippen LogP contribution in [0.4, 0.5) is 5.69 Å². The monoisotopic (exact) mass is 392 g/mol. The van der Waals surface area contributed by atoms with Gasteiger partial charge in [-0.25, -0.2) is 0 Å². The van der Waals surface area contributed by atoms with Gasteiger partial charge in [-0.1, -0.05) is 36.4 Å². The summed E-state index contributed by atoms with van der Waals surface area (Å²) in [6.07, 6.45) is 0. The predicted octanol–water partition coefficient (Wildman–Crippen LogP) is 3.96. The van der Waals surface area contributed by atoms with Crippen LogP contribution in [0.2, 0.25) is 0 Å². The van der Waals surface area contributed by atoms with Crippen molar-refractivity contribution >= 4 is 28.3 Å². The normalized spacial score (nSPS) is 10.4. The van der Waals surface area contributed by atoms with Gasteiger partial charge in [0.05, 0.1) is 20.3 Å². The van der Waals surface area contributed by atoms with Crippen molar-refractivity contribution in [2.24, 2.45) is 0 Å². The molecule has 0 saturated carbocycles.